The first-order chi connectivity index (χ1) is 6.53. The number of nitrogens with one attached hydrogen (secondary N) is 1. The zero-order chi connectivity index (χ0) is 10.6. The summed E-state index contributed by atoms with van der Waals surface area (Å²) in [5.74, 6) is -0.589. The number of alkyl carbamates (subject to hydrolysis) is 1. The van der Waals surface area contributed by atoms with Crippen LogP contribution in [-0.4, -0.2) is 31.1 Å². The maximum Gasteiger partial charge on any atom is 0.421 e. The fourth-order valence-corrected chi connectivity index (χ4v) is 1.03. The Hall–Kier alpha value is -1.25. The standard InChI is InChI=1S/C9H13NO4/c1-4-12-8(11)10-7-5-13-9(2,3)14-6-7/h1,7H,5-6H2,2-3H3,(H,10,11). The van der Waals surface area contributed by atoms with E-state index in [2.05, 4.69) is 10.1 Å². The number of terminal acetylenes is 1. The van der Waals surface area contributed by atoms with Gasteiger partial charge in [-0.05, 0) is 13.8 Å². The van der Waals surface area contributed by atoms with Crippen LogP contribution in [0.4, 0.5) is 4.79 Å². The maximum absolute atomic E-state index is 10.9. The average molecular weight is 199 g/mol. The average Bonchev–Trinajstić information content (AvgIpc) is 2.09. The van der Waals surface area contributed by atoms with E-state index in [-0.39, 0.29) is 6.04 Å². The summed E-state index contributed by atoms with van der Waals surface area (Å²) in [5, 5.41) is 2.50. The van der Waals surface area contributed by atoms with Gasteiger partial charge in [0, 0.05) is 0 Å². The first-order valence-electron chi connectivity index (χ1n) is 4.24. The molecule has 5 heteroatoms. The van der Waals surface area contributed by atoms with Gasteiger partial charge in [-0.1, -0.05) is 6.42 Å². The van der Waals surface area contributed by atoms with Gasteiger partial charge in [0.2, 0.25) is 0 Å². The van der Waals surface area contributed by atoms with E-state index in [1.54, 1.807) is 6.11 Å². The number of hydrogen-bond acceptors (Lipinski definition) is 4. The minimum absolute atomic E-state index is 0.219. The Labute approximate surface area is 82.7 Å². The molecule has 0 aromatic heterocycles. The molecule has 1 heterocycles. The van der Waals surface area contributed by atoms with Gasteiger partial charge in [-0.25, -0.2) is 4.79 Å². The molecule has 1 aliphatic heterocycles. The number of rotatable bonds is 1. The van der Waals surface area contributed by atoms with Gasteiger partial charge < -0.3 is 19.5 Å². The Bertz CT molecular complexity index is 246. The lowest BCUT2D eigenvalue weighted by atomic mass is 10.2. The minimum Gasteiger partial charge on any atom is -0.356 e. The third-order valence-electron chi connectivity index (χ3n) is 1.74. The monoisotopic (exact) mass is 199 g/mol. The highest BCUT2D eigenvalue weighted by Gasteiger charge is 2.29. The lowest BCUT2D eigenvalue weighted by Crippen LogP contribution is -2.50. The number of amides is 1. The highest BCUT2D eigenvalue weighted by atomic mass is 16.7. The van der Waals surface area contributed by atoms with E-state index in [4.69, 9.17) is 15.9 Å². The molecule has 0 atom stereocenters. The minimum atomic E-state index is -0.663. The number of carbonyl (C=O) groups is 1. The first-order valence-corrected chi connectivity index (χ1v) is 4.24. The van der Waals surface area contributed by atoms with Gasteiger partial charge in [-0.15, -0.1) is 0 Å². The molecular weight excluding hydrogens is 186 g/mol. The lowest BCUT2D eigenvalue weighted by Gasteiger charge is -2.34. The van der Waals surface area contributed by atoms with Gasteiger partial charge >= 0.3 is 6.09 Å². The molecule has 14 heavy (non-hydrogen) atoms. The molecule has 1 saturated heterocycles. The predicted octanol–water partition coefficient (Wildman–Crippen LogP) is 0.455. The molecule has 0 aromatic carbocycles. The van der Waals surface area contributed by atoms with Crippen molar-refractivity contribution in [2.45, 2.75) is 25.7 Å². The molecule has 0 aromatic rings. The molecule has 1 aliphatic rings. The number of hydrogen-bond donors (Lipinski definition) is 1. The molecule has 1 amide bonds. The lowest BCUT2D eigenvalue weighted by molar-refractivity contribution is -0.252. The van der Waals surface area contributed by atoms with Crippen molar-refractivity contribution in [3.63, 3.8) is 0 Å². The Balaban J connectivity index is 2.30. The van der Waals surface area contributed by atoms with Crippen molar-refractivity contribution >= 4 is 6.09 Å². The molecule has 78 valence electrons. The Kier molecular flexibility index (Phi) is 3.33. The first kappa shape index (κ1) is 10.8. The van der Waals surface area contributed by atoms with Crippen molar-refractivity contribution < 1.29 is 19.0 Å². The smallest absolute Gasteiger partial charge is 0.356 e. The molecule has 1 N–H and O–H groups in total. The van der Waals surface area contributed by atoms with Gasteiger partial charge in [0.1, 0.15) is 6.11 Å². The zero-order valence-electron chi connectivity index (χ0n) is 8.20. The van der Waals surface area contributed by atoms with Crippen molar-refractivity contribution in [3.8, 4) is 12.5 Å². The molecule has 0 radical (unpaired) electrons. The maximum atomic E-state index is 10.9. The highest BCUT2D eigenvalue weighted by molar-refractivity contribution is 5.68. The van der Waals surface area contributed by atoms with E-state index in [1.165, 1.54) is 0 Å². The van der Waals surface area contributed by atoms with Gasteiger partial charge in [-0.2, -0.15) is 0 Å². The second kappa shape index (κ2) is 4.31. The van der Waals surface area contributed by atoms with Crippen LogP contribution in [0.2, 0.25) is 0 Å². The zero-order valence-corrected chi connectivity index (χ0v) is 8.20. The highest BCUT2D eigenvalue weighted by Crippen LogP contribution is 2.16. The summed E-state index contributed by atoms with van der Waals surface area (Å²) in [4.78, 5) is 10.9. The fourth-order valence-electron chi connectivity index (χ4n) is 1.03. The van der Waals surface area contributed by atoms with Crippen LogP contribution in [-0.2, 0) is 14.2 Å². The number of ether oxygens (including phenoxy) is 3. The predicted molar refractivity (Wildman–Crippen MR) is 48.2 cm³/mol. The normalized spacial score (nSPS) is 20.9. The van der Waals surface area contributed by atoms with Crippen molar-refractivity contribution in [2.24, 2.45) is 0 Å². The Morgan fingerprint density at radius 2 is 2.14 bits per heavy atom. The van der Waals surface area contributed by atoms with Crippen molar-refractivity contribution in [1.82, 2.24) is 5.32 Å². The van der Waals surface area contributed by atoms with Gasteiger partial charge in [0.15, 0.2) is 5.79 Å². The summed E-state index contributed by atoms with van der Waals surface area (Å²) in [6, 6.07) is -0.219. The third-order valence-corrected chi connectivity index (χ3v) is 1.74. The molecular formula is C9H13NO4. The molecule has 0 aliphatic carbocycles. The van der Waals surface area contributed by atoms with Crippen molar-refractivity contribution in [3.05, 3.63) is 0 Å². The summed E-state index contributed by atoms with van der Waals surface area (Å²) < 4.78 is 14.9. The van der Waals surface area contributed by atoms with Crippen molar-refractivity contribution in [1.29, 1.82) is 0 Å². The van der Waals surface area contributed by atoms with Gasteiger partial charge in [0.25, 0.3) is 0 Å². The molecule has 0 spiro atoms. The van der Waals surface area contributed by atoms with Crippen LogP contribution < -0.4 is 5.32 Å². The van der Waals surface area contributed by atoms with Crippen LogP contribution in [0.3, 0.4) is 0 Å². The largest absolute Gasteiger partial charge is 0.421 e. The van der Waals surface area contributed by atoms with E-state index in [1.807, 2.05) is 13.8 Å². The van der Waals surface area contributed by atoms with E-state index in [0.717, 1.165) is 0 Å². The van der Waals surface area contributed by atoms with Crippen LogP contribution in [0.25, 0.3) is 0 Å². The summed E-state index contributed by atoms with van der Waals surface area (Å²) >= 11 is 0. The van der Waals surface area contributed by atoms with E-state index in [9.17, 15) is 4.79 Å². The van der Waals surface area contributed by atoms with Gasteiger partial charge in [0.05, 0.1) is 19.3 Å². The van der Waals surface area contributed by atoms with Crippen LogP contribution >= 0.6 is 0 Å². The fraction of sp³-hybridized carbons (Fsp3) is 0.667. The molecule has 5 nitrogen and oxygen atoms in total. The Morgan fingerprint density at radius 3 is 2.64 bits per heavy atom. The SMILES string of the molecule is C#COC(=O)NC1COC(C)(C)OC1. The third kappa shape index (κ3) is 3.24. The van der Waals surface area contributed by atoms with Crippen LogP contribution in [0.1, 0.15) is 13.8 Å². The number of carbonyl (C=O) groups excluding carboxylic acids is 1. The molecule has 0 saturated carbocycles. The molecule has 0 bridgehead atoms. The molecule has 1 rings (SSSR count). The summed E-state index contributed by atoms with van der Waals surface area (Å²) in [5.41, 5.74) is 0. The summed E-state index contributed by atoms with van der Waals surface area (Å²) in [7, 11) is 0. The van der Waals surface area contributed by atoms with E-state index < -0.39 is 11.9 Å². The molecule has 1 fully saturated rings. The van der Waals surface area contributed by atoms with E-state index >= 15 is 0 Å². The summed E-state index contributed by atoms with van der Waals surface area (Å²) in [6.45, 7) is 4.38. The molecule has 0 unspecified atom stereocenters. The topological polar surface area (TPSA) is 56.8 Å². The van der Waals surface area contributed by atoms with Crippen molar-refractivity contribution in [2.75, 3.05) is 13.2 Å². The van der Waals surface area contributed by atoms with Crippen LogP contribution in [0, 0.1) is 12.5 Å². The quantitative estimate of drug-likeness (QED) is 0.623. The second-order valence-electron chi connectivity index (χ2n) is 3.37. The van der Waals surface area contributed by atoms with Gasteiger partial charge in [-0.3, -0.25) is 0 Å². The Morgan fingerprint density at radius 1 is 1.57 bits per heavy atom. The van der Waals surface area contributed by atoms with Crippen LogP contribution in [0.5, 0.6) is 0 Å². The summed E-state index contributed by atoms with van der Waals surface area (Å²) in [6.07, 6.45) is 5.90. The van der Waals surface area contributed by atoms with E-state index in [0.29, 0.717) is 13.2 Å². The second-order valence-corrected chi connectivity index (χ2v) is 3.37. The van der Waals surface area contributed by atoms with Crippen LogP contribution in [0.15, 0.2) is 0 Å².